The molecule has 5 rings (SSSR count). The van der Waals surface area contributed by atoms with Crippen molar-refractivity contribution in [1.82, 2.24) is 10.2 Å². The summed E-state index contributed by atoms with van der Waals surface area (Å²) in [5, 5.41) is 2.63. The Morgan fingerprint density at radius 2 is 1.64 bits per heavy atom. The molecule has 11 heteroatoms. The van der Waals surface area contributed by atoms with Gasteiger partial charge in [0.25, 0.3) is 16.0 Å². The van der Waals surface area contributed by atoms with Gasteiger partial charge in [-0.05, 0) is 54.2 Å². The fourth-order valence-corrected chi connectivity index (χ4v) is 5.57. The van der Waals surface area contributed by atoms with E-state index in [9.17, 15) is 22.8 Å². The summed E-state index contributed by atoms with van der Waals surface area (Å²) < 4.78 is 39.6. The van der Waals surface area contributed by atoms with Gasteiger partial charge in [-0.2, -0.15) is 8.42 Å². The molecule has 0 radical (unpaired) electrons. The van der Waals surface area contributed by atoms with Crippen molar-refractivity contribution in [2.75, 3.05) is 12.8 Å². The summed E-state index contributed by atoms with van der Waals surface area (Å²) in [5.74, 6) is -0.539. The average molecular weight is 593 g/mol. The third kappa shape index (κ3) is 6.97. The van der Waals surface area contributed by atoms with E-state index in [-0.39, 0.29) is 42.7 Å². The molecule has 42 heavy (non-hydrogen) atoms. The van der Waals surface area contributed by atoms with Crippen molar-refractivity contribution in [3.8, 4) is 11.5 Å². The molecule has 220 valence electrons. The highest BCUT2D eigenvalue weighted by Gasteiger charge is 2.64. The highest BCUT2D eigenvalue weighted by molar-refractivity contribution is 7.85. The van der Waals surface area contributed by atoms with E-state index in [1.54, 1.807) is 35.2 Å². The van der Waals surface area contributed by atoms with Crippen LogP contribution in [0.25, 0.3) is 0 Å². The van der Waals surface area contributed by atoms with Crippen molar-refractivity contribution >= 4 is 27.9 Å². The van der Waals surface area contributed by atoms with Crippen molar-refractivity contribution in [1.29, 1.82) is 0 Å². The SMILES string of the molecule is C[C@@]12C[C@@H]1N(C(=O)CNC(=O)c1ccc(Oc3ccccc3)c(COS(C)(=O)=O)c1)[C@H](C(=O)OCc1ccccc1)C2. The zero-order chi connectivity index (χ0) is 29.9. The predicted octanol–water partition coefficient (Wildman–Crippen LogP) is 3.81. The number of rotatable bonds is 11. The molecule has 2 amide bonds. The third-order valence-electron chi connectivity index (χ3n) is 7.54. The third-order valence-corrected chi connectivity index (χ3v) is 8.09. The molecule has 0 bridgehead atoms. The standard InChI is InChI=1S/C31H32N2O8S/c1-31-16-25(30(36)39-19-21-9-5-3-6-10-21)33(27(31)17-31)28(34)18-32-29(35)22-13-14-26(41-24-11-7-4-8-12-24)23(15-22)20-40-42(2,37)38/h3-15,25,27H,16-20H2,1-2H3,(H,32,35)/t25-,27-,31+/m0/s1. The van der Waals surface area contributed by atoms with E-state index in [0.717, 1.165) is 18.2 Å². The molecule has 1 saturated heterocycles. The number of nitrogens with one attached hydrogen (secondary N) is 1. The Balaban J connectivity index is 1.24. The number of likely N-dealkylation sites (tertiary alicyclic amines) is 1. The maximum atomic E-state index is 13.3. The lowest BCUT2D eigenvalue weighted by molar-refractivity contribution is -0.155. The normalized spacial score (nSPS) is 20.9. The van der Waals surface area contributed by atoms with E-state index < -0.39 is 28.0 Å². The molecule has 3 atom stereocenters. The minimum atomic E-state index is -3.76. The molecule has 10 nitrogen and oxygen atoms in total. The van der Waals surface area contributed by atoms with Gasteiger partial charge in [0.15, 0.2) is 0 Å². The Labute approximate surface area is 244 Å². The van der Waals surface area contributed by atoms with Gasteiger partial charge in [0.05, 0.1) is 19.4 Å². The van der Waals surface area contributed by atoms with Crippen molar-refractivity contribution < 1.29 is 36.5 Å². The molecule has 3 aromatic carbocycles. The second kappa shape index (κ2) is 11.9. The number of nitrogens with zero attached hydrogens (tertiary/aromatic N) is 1. The van der Waals surface area contributed by atoms with Gasteiger partial charge in [0.2, 0.25) is 5.91 Å². The van der Waals surface area contributed by atoms with Crippen LogP contribution in [-0.4, -0.2) is 56.0 Å². The van der Waals surface area contributed by atoms with Gasteiger partial charge in [-0.1, -0.05) is 55.5 Å². The Kier molecular flexibility index (Phi) is 8.33. The minimum Gasteiger partial charge on any atom is -0.459 e. The number of piperidine rings is 1. The van der Waals surface area contributed by atoms with E-state index in [0.29, 0.717) is 23.5 Å². The molecule has 0 unspecified atom stereocenters. The van der Waals surface area contributed by atoms with Crippen molar-refractivity contribution in [3.05, 3.63) is 95.6 Å². The number of esters is 1. The summed E-state index contributed by atoms with van der Waals surface area (Å²) in [6.45, 7) is 1.50. The summed E-state index contributed by atoms with van der Waals surface area (Å²) in [5.41, 5.74) is 1.23. The molecule has 3 aromatic rings. The topological polar surface area (TPSA) is 128 Å². The lowest BCUT2D eigenvalue weighted by Crippen LogP contribution is -2.48. The summed E-state index contributed by atoms with van der Waals surface area (Å²) in [6, 6.07) is 21.9. The number of hydrogen-bond acceptors (Lipinski definition) is 8. The number of hydrogen-bond donors (Lipinski definition) is 1. The summed E-state index contributed by atoms with van der Waals surface area (Å²) >= 11 is 0. The van der Waals surface area contributed by atoms with Gasteiger partial charge in [-0.3, -0.25) is 13.8 Å². The molecule has 2 aliphatic rings. The molecule has 1 saturated carbocycles. The van der Waals surface area contributed by atoms with E-state index in [1.165, 1.54) is 12.1 Å². The highest BCUT2D eigenvalue weighted by Crippen LogP contribution is 2.59. The lowest BCUT2D eigenvalue weighted by Gasteiger charge is -2.26. The number of para-hydroxylation sites is 1. The van der Waals surface area contributed by atoms with Crippen LogP contribution in [0, 0.1) is 5.41 Å². The Bertz CT molecular complexity index is 1580. The maximum absolute atomic E-state index is 13.3. The van der Waals surface area contributed by atoms with Crippen LogP contribution < -0.4 is 10.1 Å². The first-order valence-corrected chi connectivity index (χ1v) is 15.3. The van der Waals surface area contributed by atoms with Crippen molar-refractivity contribution in [2.24, 2.45) is 5.41 Å². The average Bonchev–Trinajstić information content (AvgIpc) is 3.54. The van der Waals surface area contributed by atoms with Crippen molar-refractivity contribution in [2.45, 2.75) is 45.1 Å². The monoisotopic (exact) mass is 592 g/mol. The molecule has 1 aliphatic carbocycles. The fourth-order valence-electron chi connectivity index (χ4n) is 5.23. The summed E-state index contributed by atoms with van der Waals surface area (Å²) in [7, 11) is -3.76. The minimum absolute atomic E-state index is 0.0784. The van der Waals surface area contributed by atoms with E-state index in [1.807, 2.05) is 43.3 Å². The molecule has 1 aliphatic heterocycles. The first kappa shape index (κ1) is 29.3. The molecule has 1 N–H and O–H groups in total. The van der Waals surface area contributed by atoms with Gasteiger partial charge in [0.1, 0.15) is 24.1 Å². The summed E-state index contributed by atoms with van der Waals surface area (Å²) in [4.78, 5) is 40.8. The first-order valence-electron chi connectivity index (χ1n) is 13.5. The van der Waals surface area contributed by atoms with Gasteiger partial charge >= 0.3 is 5.97 Å². The second-order valence-corrected chi connectivity index (χ2v) is 12.5. The molecule has 0 spiro atoms. The molecular formula is C31H32N2O8S. The van der Waals surface area contributed by atoms with Gasteiger partial charge in [-0.25, -0.2) is 4.79 Å². The number of ether oxygens (including phenoxy) is 2. The zero-order valence-electron chi connectivity index (χ0n) is 23.3. The lowest BCUT2D eigenvalue weighted by atomic mass is 10.0. The number of carbonyl (C=O) groups is 3. The van der Waals surface area contributed by atoms with Gasteiger partial charge < -0.3 is 19.7 Å². The Morgan fingerprint density at radius 1 is 0.952 bits per heavy atom. The number of fused-ring (bicyclic) bond motifs is 1. The summed E-state index contributed by atoms with van der Waals surface area (Å²) in [6.07, 6.45) is 2.24. The van der Waals surface area contributed by atoms with Crippen LogP contribution in [0.5, 0.6) is 11.5 Å². The second-order valence-electron chi connectivity index (χ2n) is 10.9. The molecule has 0 aromatic heterocycles. The Hall–Kier alpha value is -4.22. The van der Waals surface area contributed by atoms with Crippen molar-refractivity contribution in [3.63, 3.8) is 0 Å². The van der Waals surface area contributed by atoms with Crippen LogP contribution >= 0.6 is 0 Å². The van der Waals surface area contributed by atoms with E-state index in [4.69, 9.17) is 13.7 Å². The van der Waals surface area contributed by atoms with E-state index >= 15 is 0 Å². The van der Waals surface area contributed by atoms with Crippen LogP contribution in [0.2, 0.25) is 0 Å². The first-order chi connectivity index (χ1) is 20.0. The van der Waals surface area contributed by atoms with Gasteiger partial charge in [-0.15, -0.1) is 0 Å². The van der Waals surface area contributed by atoms with Crippen LogP contribution in [-0.2, 0) is 41.8 Å². The fraction of sp³-hybridized carbons (Fsp3) is 0.323. The molecule has 2 fully saturated rings. The molecular weight excluding hydrogens is 560 g/mol. The Morgan fingerprint density at radius 3 is 2.33 bits per heavy atom. The van der Waals surface area contributed by atoms with Crippen LogP contribution in [0.4, 0.5) is 0 Å². The maximum Gasteiger partial charge on any atom is 0.329 e. The van der Waals surface area contributed by atoms with Crippen LogP contribution in [0.1, 0.15) is 41.3 Å². The highest BCUT2D eigenvalue weighted by atomic mass is 32.2. The quantitative estimate of drug-likeness (QED) is 0.263. The van der Waals surface area contributed by atoms with Gasteiger partial charge in [0, 0.05) is 17.2 Å². The number of amides is 2. The number of carbonyl (C=O) groups excluding carboxylic acids is 3. The van der Waals surface area contributed by atoms with Crippen LogP contribution in [0.3, 0.4) is 0 Å². The van der Waals surface area contributed by atoms with Crippen LogP contribution in [0.15, 0.2) is 78.9 Å². The number of benzene rings is 3. The predicted molar refractivity (Wildman–Crippen MR) is 153 cm³/mol. The van der Waals surface area contributed by atoms with E-state index in [2.05, 4.69) is 5.32 Å². The zero-order valence-corrected chi connectivity index (χ0v) is 24.1. The largest absolute Gasteiger partial charge is 0.459 e. The molecule has 1 heterocycles. The smallest absolute Gasteiger partial charge is 0.329 e.